The lowest BCUT2D eigenvalue weighted by atomic mass is 10.1. The Balaban J connectivity index is 1.71. The van der Waals surface area contributed by atoms with Gasteiger partial charge in [-0.2, -0.15) is 8.42 Å². The number of primary amides is 1. The van der Waals surface area contributed by atoms with Gasteiger partial charge < -0.3 is 30.6 Å². The lowest BCUT2D eigenvalue weighted by molar-refractivity contribution is 0.208. The number of rotatable bonds is 8. The first kappa shape index (κ1) is 25.3. The number of anilines is 1. The number of carbonyl (C=O) groups excluding carboxylic acids is 2. The summed E-state index contributed by atoms with van der Waals surface area (Å²) in [5, 5.41) is 5.95. The third-order valence-electron chi connectivity index (χ3n) is 4.98. The van der Waals surface area contributed by atoms with E-state index in [1.54, 1.807) is 0 Å². The summed E-state index contributed by atoms with van der Waals surface area (Å²) >= 11 is 6.32. The molecule has 36 heavy (non-hydrogen) atoms. The molecule has 1 saturated carbocycles. The quantitative estimate of drug-likeness (QED) is 0.311. The maximum absolute atomic E-state index is 12.0. The number of benzene rings is 2. The van der Waals surface area contributed by atoms with E-state index in [4.69, 9.17) is 31.5 Å². The molecule has 1 aromatic heterocycles. The Labute approximate surface area is 210 Å². The first-order valence-electron chi connectivity index (χ1n) is 10.5. The Morgan fingerprint density at radius 2 is 1.92 bits per heavy atom. The van der Waals surface area contributed by atoms with E-state index >= 15 is 0 Å². The number of hydrogen-bond donors (Lipinski definition) is 4. The molecule has 0 atom stereocenters. The number of halogens is 1. The molecule has 190 valence electrons. The molecule has 0 aliphatic heterocycles. The number of nitrogens with zero attached hydrogens (tertiary/aromatic N) is 1. The highest BCUT2D eigenvalue weighted by molar-refractivity contribution is 7.85. The summed E-state index contributed by atoms with van der Waals surface area (Å²) in [5.74, 6) is -0.343. The first-order chi connectivity index (χ1) is 17.0. The molecule has 1 aliphatic carbocycles. The van der Waals surface area contributed by atoms with Gasteiger partial charge in [-0.1, -0.05) is 11.6 Å². The van der Waals surface area contributed by atoms with Gasteiger partial charge in [0.15, 0.2) is 11.5 Å². The number of fused-ring (bicyclic) bond motifs is 1. The Morgan fingerprint density at radius 3 is 2.53 bits per heavy atom. The highest BCUT2D eigenvalue weighted by Crippen LogP contribution is 2.39. The summed E-state index contributed by atoms with van der Waals surface area (Å²) in [7, 11) is -3.08. The van der Waals surface area contributed by atoms with Crippen LogP contribution in [-0.2, 0) is 15.9 Å². The predicted molar refractivity (Wildman–Crippen MR) is 130 cm³/mol. The third kappa shape index (κ3) is 6.44. The average Bonchev–Trinajstić information content (AvgIpc) is 3.58. The van der Waals surface area contributed by atoms with Crippen LogP contribution in [0.3, 0.4) is 0 Å². The van der Waals surface area contributed by atoms with Gasteiger partial charge in [0.2, 0.25) is 0 Å². The SMILES string of the molecule is COc1cc2nc(CS(=O)(=O)O)cc(Oc3ccc(NC(=O)NC4CC4)c(Cl)c3)c2cc1OC(N)=O. The van der Waals surface area contributed by atoms with Gasteiger partial charge in [-0.25, -0.2) is 9.59 Å². The van der Waals surface area contributed by atoms with Gasteiger partial charge in [0.25, 0.3) is 10.1 Å². The van der Waals surface area contributed by atoms with Crippen LogP contribution in [0.2, 0.25) is 5.02 Å². The topological polar surface area (TPSA) is 179 Å². The van der Waals surface area contributed by atoms with Crippen LogP contribution >= 0.6 is 11.6 Å². The standard InChI is InChI=1S/C22H21ClN4O8S/c1-33-19-9-17-14(8-20(19)35-21(24)28)18(6-12(25-17)10-36(30,31)32)34-13-4-5-16(15(23)7-13)27-22(29)26-11-2-3-11/h4-9,11H,2-3,10H2,1H3,(H2,24,28)(H2,26,27,29)(H,30,31,32). The molecule has 3 aromatic rings. The maximum atomic E-state index is 12.0. The zero-order valence-corrected chi connectivity index (χ0v) is 20.4. The Morgan fingerprint density at radius 1 is 1.17 bits per heavy atom. The van der Waals surface area contributed by atoms with Gasteiger partial charge in [0.05, 0.1) is 29.0 Å². The van der Waals surface area contributed by atoms with Crippen molar-refractivity contribution in [2.24, 2.45) is 5.73 Å². The van der Waals surface area contributed by atoms with Gasteiger partial charge in [-0.15, -0.1) is 0 Å². The second kappa shape index (κ2) is 10.0. The zero-order chi connectivity index (χ0) is 26.0. The van der Waals surface area contributed by atoms with Crippen LogP contribution in [-0.4, -0.2) is 43.2 Å². The van der Waals surface area contributed by atoms with Crippen LogP contribution in [0.25, 0.3) is 10.9 Å². The second-order valence-corrected chi connectivity index (χ2v) is 9.76. The second-order valence-electron chi connectivity index (χ2n) is 7.90. The van der Waals surface area contributed by atoms with Crippen LogP contribution in [0.1, 0.15) is 18.5 Å². The third-order valence-corrected chi connectivity index (χ3v) is 5.95. The van der Waals surface area contributed by atoms with E-state index < -0.39 is 22.0 Å². The highest BCUT2D eigenvalue weighted by atomic mass is 35.5. The molecule has 0 spiro atoms. The number of carbonyl (C=O) groups is 2. The summed E-state index contributed by atoms with van der Waals surface area (Å²) < 4.78 is 48.4. The molecule has 0 bridgehead atoms. The first-order valence-corrected chi connectivity index (χ1v) is 12.5. The molecule has 14 heteroatoms. The van der Waals surface area contributed by atoms with E-state index in [9.17, 15) is 22.6 Å². The molecule has 4 rings (SSSR count). The van der Waals surface area contributed by atoms with E-state index in [-0.39, 0.29) is 51.3 Å². The van der Waals surface area contributed by atoms with Crippen LogP contribution in [0.15, 0.2) is 36.4 Å². The van der Waals surface area contributed by atoms with Gasteiger partial charge in [-0.3, -0.25) is 9.54 Å². The number of methoxy groups -OCH3 is 1. The molecule has 2 aromatic carbocycles. The molecule has 3 amide bonds. The van der Waals surface area contributed by atoms with Gasteiger partial charge in [0, 0.05) is 29.6 Å². The summed E-state index contributed by atoms with van der Waals surface area (Å²) in [4.78, 5) is 27.6. The van der Waals surface area contributed by atoms with Crippen molar-refractivity contribution in [1.82, 2.24) is 10.3 Å². The normalized spacial score (nSPS) is 13.2. The van der Waals surface area contributed by atoms with E-state index in [1.807, 2.05) is 0 Å². The molecular formula is C22H21ClN4O8S. The number of amides is 3. The Kier molecular flexibility index (Phi) is 7.06. The van der Waals surface area contributed by atoms with E-state index in [1.165, 1.54) is 43.5 Å². The monoisotopic (exact) mass is 536 g/mol. The number of nitrogens with one attached hydrogen (secondary N) is 2. The Bertz CT molecular complexity index is 1460. The summed E-state index contributed by atoms with van der Waals surface area (Å²) in [5.41, 5.74) is 5.69. The minimum absolute atomic E-state index is 0.0215. The Hall–Kier alpha value is -3.81. The van der Waals surface area contributed by atoms with Crippen molar-refractivity contribution in [2.75, 3.05) is 12.4 Å². The largest absolute Gasteiger partial charge is 0.493 e. The van der Waals surface area contributed by atoms with Crippen molar-refractivity contribution in [1.29, 1.82) is 0 Å². The number of hydrogen-bond acceptors (Lipinski definition) is 8. The minimum atomic E-state index is -4.41. The van der Waals surface area contributed by atoms with Gasteiger partial charge in [0.1, 0.15) is 17.3 Å². The van der Waals surface area contributed by atoms with E-state index in [0.29, 0.717) is 11.1 Å². The molecule has 1 fully saturated rings. The molecule has 1 heterocycles. The molecule has 5 N–H and O–H groups in total. The van der Waals surface area contributed by atoms with Crippen molar-refractivity contribution in [3.8, 4) is 23.0 Å². The molecule has 0 unspecified atom stereocenters. The maximum Gasteiger partial charge on any atom is 0.410 e. The van der Waals surface area contributed by atoms with Crippen molar-refractivity contribution < 1.29 is 36.8 Å². The molecular weight excluding hydrogens is 516 g/mol. The minimum Gasteiger partial charge on any atom is -0.493 e. The van der Waals surface area contributed by atoms with Crippen molar-refractivity contribution in [2.45, 2.75) is 24.6 Å². The van der Waals surface area contributed by atoms with Crippen molar-refractivity contribution in [3.63, 3.8) is 0 Å². The van der Waals surface area contributed by atoms with E-state index in [2.05, 4.69) is 15.6 Å². The summed E-state index contributed by atoms with van der Waals surface area (Å²) in [6, 6.07) is 8.41. The smallest absolute Gasteiger partial charge is 0.410 e. The average molecular weight is 537 g/mol. The fourth-order valence-electron chi connectivity index (χ4n) is 3.31. The van der Waals surface area contributed by atoms with E-state index in [0.717, 1.165) is 12.8 Å². The van der Waals surface area contributed by atoms with Gasteiger partial charge in [-0.05, 0) is 31.0 Å². The number of urea groups is 1. The van der Waals surface area contributed by atoms with Crippen molar-refractivity contribution >= 4 is 50.4 Å². The molecule has 0 saturated heterocycles. The number of nitrogens with two attached hydrogens (primary N) is 1. The molecule has 0 radical (unpaired) electrons. The lowest BCUT2D eigenvalue weighted by Gasteiger charge is -2.15. The molecule has 12 nitrogen and oxygen atoms in total. The van der Waals surface area contributed by atoms with Crippen LogP contribution < -0.4 is 30.6 Å². The van der Waals surface area contributed by atoms with Crippen molar-refractivity contribution in [3.05, 3.63) is 47.1 Å². The zero-order valence-electron chi connectivity index (χ0n) is 18.8. The van der Waals surface area contributed by atoms with Crippen LogP contribution in [0, 0.1) is 0 Å². The van der Waals surface area contributed by atoms with Crippen LogP contribution in [0.4, 0.5) is 15.3 Å². The number of aromatic nitrogens is 1. The number of pyridine rings is 1. The molecule has 1 aliphatic rings. The van der Waals surface area contributed by atoms with Crippen LogP contribution in [0.5, 0.6) is 23.0 Å². The lowest BCUT2D eigenvalue weighted by Crippen LogP contribution is -2.30. The fourth-order valence-corrected chi connectivity index (χ4v) is 4.05. The summed E-state index contributed by atoms with van der Waals surface area (Å²) in [6.07, 6.45) is 0.795. The summed E-state index contributed by atoms with van der Waals surface area (Å²) in [6.45, 7) is 0. The van der Waals surface area contributed by atoms with Gasteiger partial charge >= 0.3 is 12.1 Å². The predicted octanol–water partition coefficient (Wildman–Crippen LogP) is 3.82. The fraction of sp³-hybridized carbons (Fsp3) is 0.227. The highest BCUT2D eigenvalue weighted by Gasteiger charge is 2.23. The number of ether oxygens (including phenoxy) is 3.